The van der Waals surface area contributed by atoms with Crippen molar-refractivity contribution < 1.29 is 9.59 Å². The van der Waals surface area contributed by atoms with Gasteiger partial charge in [0, 0.05) is 5.02 Å². The Balaban J connectivity index is 1.97. The summed E-state index contributed by atoms with van der Waals surface area (Å²) < 4.78 is 0. The first-order valence-electron chi connectivity index (χ1n) is 7.10. The largest absolute Gasteiger partial charge is 0.340 e. The van der Waals surface area contributed by atoms with Crippen molar-refractivity contribution in [2.24, 2.45) is 0 Å². The zero-order valence-electron chi connectivity index (χ0n) is 11.5. The highest BCUT2D eigenvalue weighted by Crippen LogP contribution is 2.36. The van der Waals surface area contributed by atoms with E-state index >= 15 is 0 Å². The lowest BCUT2D eigenvalue weighted by molar-refractivity contribution is -0.137. The van der Waals surface area contributed by atoms with Crippen LogP contribution in [0.15, 0.2) is 18.2 Å². The van der Waals surface area contributed by atoms with E-state index in [2.05, 4.69) is 5.32 Å². The van der Waals surface area contributed by atoms with Crippen molar-refractivity contribution >= 4 is 40.7 Å². The lowest BCUT2D eigenvalue weighted by Crippen LogP contribution is -2.67. The van der Waals surface area contributed by atoms with Crippen molar-refractivity contribution in [1.29, 1.82) is 0 Å². The normalized spacial score (nSPS) is 21.5. The molecule has 2 fully saturated rings. The third kappa shape index (κ3) is 2.62. The van der Waals surface area contributed by atoms with Crippen LogP contribution in [-0.4, -0.2) is 23.9 Å². The maximum atomic E-state index is 12.9. The molecule has 0 atom stereocenters. The average molecular weight is 327 g/mol. The number of hydrogen-bond donors (Lipinski definition) is 1. The van der Waals surface area contributed by atoms with Crippen LogP contribution in [0.25, 0.3) is 0 Å². The number of nitrogens with zero attached hydrogens (tertiary/aromatic N) is 1. The second kappa shape index (κ2) is 5.50. The van der Waals surface area contributed by atoms with Crippen molar-refractivity contribution in [3.05, 3.63) is 28.2 Å². The van der Waals surface area contributed by atoms with Gasteiger partial charge in [0.15, 0.2) is 0 Å². The molecule has 2 amide bonds. The van der Waals surface area contributed by atoms with Gasteiger partial charge in [-0.2, -0.15) is 0 Å². The van der Waals surface area contributed by atoms with Gasteiger partial charge in [-0.3, -0.25) is 14.5 Å². The maximum Gasteiger partial charge on any atom is 0.253 e. The molecular formula is C15H16Cl2N2O2. The maximum absolute atomic E-state index is 12.9. The molecule has 1 spiro atoms. The molecule has 2 aliphatic rings. The fraction of sp³-hybridized carbons (Fsp3) is 0.467. The molecule has 112 valence electrons. The average Bonchev–Trinajstić information content (AvgIpc) is 2.44. The van der Waals surface area contributed by atoms with E-state index < -0.39 is 5.54 Å². The van der Waals surface area contributed by atoms with Gasteiger partial charge in [-0.1, -0.05) is 42.5 Å². The monoisotopic (exact) mass is 326 g/mol. The number of carbonyl (C=O) groups is 2. The summed E-state index contributed by atoms with van der Waals surface area (Å²) in [5.74, 6) is -0.200. The number of piperazine rings is 1. The van der Waals surface area contributed by atoms with Gasteiger partial charge >= 0.3 is 0 Å². The van der Waals surface area contributed by atoms with Crippen LogP contribution in [0, 0.1) is 0 Å². The molecule has 0 radical (unpaired) electrons. The SMILES string of the molecule is O=C1CN(c2ccc(Cl)cc2Cl)C(=O)C2(CCCCC2)N1. The highest BCUT2D eigenvalue weighted by Gasteiger charge is 2.47. The molecule has 0 bridgehead atoms. The molecule has 4 nitrogen and oxygen atoms in total. The Hall–Kier alpha value is -1.26. The minimum Gasteiger partial charge on any atom is -0.340 e. The van der Waals surface area contributed by atoms with Gasteiger partial charge in [0.2, 0.25) is 5.91 Å². The van der Waals surface area contributed by atoms with Gasteiger partial charge in [0.25, 0.3) is 5.91 Å². The van der Waals surface area contributed by atoms with Crippen LogP contribution in [0.1, 0.15) is 32.1 Å². The summed E-state index contributed by atoms with van der Waals surface area (Å²) in [7, 11) is 0. The Kier molecular flexibility index (Phi) is 3.84. The lowest BCUT2D eigenvalue weighted by atomic mass is 9.79. The summed E-state index contributed by atoms with van der Waals surface area (Å²) >= 11 is 12.1. The third-order valence-electron chi connectivity index (χ3n) is 4.24. The van der Waals surface area contributed by atoms with Crippen molar-refractivity contribution in [3.63, 3.8) is 0 Å². The van der Waals surface area contributed by atoms with E-state index in [0.29, 0.717) is 28.6 Å². The fourth-order valence-corrected chi connectivity index (χ4v) is 3.73. The van der Waals surface area contributed by atoms with E-state index in [1.165, 1.54) is 4.90 Å². The predicted molar refractivity (Wildman–Crippen MR) is 82.8 cm³/mol. The van der Waals surface area contributed by atoms with Gasteiger partial charge in [0.1, 0.15) is 12.1 Å². The number of halogens is 2. The third-order valence-corrected chi connectivity index (χ3v) is 4.78. The Labute approximate surface area is 133 Å². The zero-order valence-corrected chi connectivity index (χ0v) is 13.0. The van der Waals surface area contributed by atoms with Gasteiger partial charge < -0.3 is 5.32 Å². The summed E-state index contributed by atoms with van der Waals surface area (Å²) in [6, 6.07) is 4.96. The second-order valence-corrected chi connectivity index (χ2v) is 6.52. The van der Waals surface area contributed by atoms with Crippen LogP contribution in [0.3, 0.4) is 0 Å². The minimum atomic E-state index is -0.753. The first kappa shape index (κ1) is 14.7. The molecule has 0 unspecified atom stereocenters. The van der Waals surface area contributed by atoms with Crippen molar-refractivity contribution in [3.8, 4) is 0 Å². The molecule has 1 aliphatic heterocycles. The fourth-order valence-electron chi connectivity index (χ4n) is 3.22. The predicted octanol–water partition coefficient (Wildman–Crippen LogP) is 3.16. The number of rotatable bonds is 1. The summed E-state index contributed by atoms with van der Waals surface area (Å²) in [6.07, 6.45) is 4.40. The van der Waals surface area contributed by atoms with Crippen LogP contribution < -0.4 is 10.2 Å². The van der Waals surface area contributed by atoms with Crippen LogP contribution >= 0.6 is 23.2 Å². The van der Waals surface area contributed by atoms with Crippen LogP contribution in [0.5, 0.6) is 0 Å². The summed E-state index contributed by atoms with van der Waals surface area (Å²) in [6.45, 7) is 0.00192. The molecule has 1 aromatic carbocycles. The summed E-state index contributed by atoms with van der Waals surface area (Å²) in [4.78, 5) is 26.5. The van der Waals surface area contributed by atoms with Crippen molar-refractivity contribution in [1.82, 2.24) is 5.32 Å². The van der Waals surface area contributed by atoms with E-state index in [1.807, 2.05) is 0 Å². The van der Waals surface area contributed by atoms with E-state index in [-0.39, 0.29) is 18.4 Å². The molecule has 0 aromatic heterocycles. The number of anilines is 1. The number of benzene rings is 1. The zero-order chi connectivity index (χ0) is 15.0. The molecule has 3 rings (SSSR count). The quantitative estimate of drug-likeness (QED) is 0.861. The van der Waals surface area contributed by atoms with Crippen LogP contribution in [0.2, 0.25) is 10.0 Å². The summed E-state index contributed by atoms with van der Waals surface area (Å²) in [5.41, 5.74) is -0.206. The van der Waals surface area contributed by atoms with Crippen molar-refractivity contribution in [2.45, 2.75) is 37.6 Å². The van der Waals surface area contributed by atoms with Crippen LogP contribution in [0.4, 0.5) is 5.69 Å². The lowest BCUT2D eigenvalue weighted by Gasteiger charge is -2.44. The van der Waals surface area contributed by atoms with E-state index in [4.69, 9.17) is 23.2 Å². The molecule has 1 N–H and O–H groups in total. The van der Waals surface area contributed by atoms with Gasteiger partial charge in [-0.05, 0) is 31.0 Å². The van der Waals surface area contributed by atoms with E-state index in [9.17, 15) is 9.59 Å². The molecule has 6 heteroatoms. The first-order chi connectivity index (χ1) is 10.0. The second-order valence-electron chi connectivity index (χ2n) is 5.68. The van der Waals surface area contributed by atoms with E-state index in [0.717, 1.165) is 19.3 Å². The number of hydrogen-bond acceptors (Lipinski definition) is 2. The van der Waals surface area contributed by atoms with Gasteiger partial charge in [0.05, 0.1) is 10.7 Å². The molecule has 1 heterocycles. The number of carbonyl (C=O) groups excluding carboxylic acids is 2. The van der Waals surface area contributed by atoms with Gasteiger partial charge in [-0.25, -0.2) is 0 Å². The molecule has 1 saturated heterocycles. The Bertz CT molecular complexity index is 597. The summed E-state index contributed by atoms with van der Waals surface area (Å²) in [5, 5.41) is 3.80. The minimum absolute atomic E-state index is 0.00192. The molecule has 1 saturated carbocycles. The smallest absolute Gasteiger partial charge is 0.253 e. The van der Waals surface area contributed by atoms with Crippen molar-refractivity contribution in [2.75, 3.05) is 11.4 Å². The highest BCUT2D eigenvalue weighted by atomic mass is 35.5. The number of nitrogens with one attached hydrogen (secondary N) is 1. The Morgan fingerprint density at radius 2 is 1.81 bits per heavy atom. The molecule has 1 aliphatic carbocycles. The molecule has 1 aromatic rings. The van der Waals surface area contributed by atoms with Gasteiger partial charge in [-0.15, -0.1) is 0 Å². The highest BCUT2D eigenvalue weighted by molar-refractivity contribution is 6.37. The topological polar surface area (TPSA) is 49.4 Å². The Morgan fingerprint density at radius 1 is 1.10 bits per heavy atom. The number of amides is 2. The molecular weight excluding hydrogens is 311 g/mol. The Morgan fingerprint density at radius 3 is 2.48 bits per heavy atom. The van der Waals surface area contributed by atoms with E-state index in [1.54, 1.807) is 18.2 Å². The standard InChI is InChI=1S/C15H16Cl2N2O2/c16-10-4-5-12(11(17)8-10)19-9-13(20)18-15(14(19)21)6-2-1-3-7-15/h4-5,8H,1-3,6-7,9H2,(H,18,20). The van der Waals surface area contributed by atoms with Crippen LogP contribution in [-0.2, 0) is 9.59 Å². The first-order valence-corrected chi connectivity index (χ1v) is 7.85. The molecule has 21 heavy (non-hydrogen) atoms.